The third-order valence-corrected chi connectivity index (χ3v) is 6.12. The zero-order valence-corrected chi connectivity index (χ0v) is 12.6. The highest BCUT2D eigenvalue weighted by atomic mass is 16.3. The predicted octanol–water partition coefficient (Wildman–Crippen LogP) is 3.21. The number of piperidine rings is 1. The third-order valence-electron chi connectivity index (χ3n) is 6.12. The Morgan fingerprint density at radius 3 is 3.00 bits per heavy atom. The molecule has 0 amide bonds. The number of ketones is 1. The number of rotatable bonds is 0. The number of phenolic OH excluding ortho intramolecular Hbond substituents is 1. The van der Waals surface area contributed by atoms with Crippen LogP contribution in [-0.2, 0) is 11.2 Å². The second kappa shape index (κ2) is 4.57. The fourth-order valence-electron chi connectivity index (χ4n) is 4.93. The minimum atomic E-state index is -0.122. The monoisotopic (exact) mass is 285 g/mol. The largest absolute Gasteiger partial charge is 0.508 e. The van der Waals surface area contributed by atoms with Crippen LogP contribution >= 0.6 is 0 Å². The Labute approximate surface area is 126 Å². The highest BCUT2D eigenvalue weighted by molar-refractivity contribution is 5.86. The molecule has 1 aliphatic carbocycles. The van der Waals surface area contributed by atoms with Crippen molar-refractivity contribution in [2.75, 3.05) is 6.54 Å². The molecule has 0 radical (unpaired) electrons. The fraction of sp³-hybridized carbons (Fsp3) is 0.611. The van der Waals surface area contributed by atoms with Gasteiger partial charge in [-0.3, -0.25) is 9.69 Å². The molecule has 1 aromatic rings. The quantitative estimate of drug-likeness (QED) is 0.795. The van der Waals surface area contributed by atoms with Crippen molar-refractivity contribution < 1.29 is 9.90 Å². The van der Waals surface area contributed by atoms with Gasteiger partial charge >= 0.3 is 0 Å². The van der Waals surface area contributed by atoms with E-state index in [2.05, 4.69) is 17.9 Å². The van der Waals surface area contributed by atoms with E-state index in [0.29, 0.717) is 23.6 Å². The van der Waals surface area contributed by atoms with Gasteiger partial charge in [0.15, 0.2) is 0 Å². The first-order valence-electron chi connectivity index (χ1n) is 8.20. The molecule has 0 aromatic heterocycles. The molecule has 4 rings (SSSR count). The molecule has 3 heteroatoms. The minimum absolute atomic E-state index is 0.122. The maximum atomic E-state index is 12.5. The number of carbonyl (C=O) groups excluding carboxylic acids is 1. The Morgan fingerprint density at radius 2 is 2.14 bits per heavy atom. The molecule has 3 aliphatic rings. The van der Waals surface area contributed by atoms with Crippen molar-refractivity contribution in [2.24, 2.45) is 5.41 Å². The Kier molecular flexibility index (Phi) is 2.90. The molecule has 1 saturated heterocycles. The van der Waals surface area contributed by atoms with Crippen LogP contribution in [0.4, 0.5) is 0 Å². The number of phenols is 1. The molecule has 2 aliphatic heterocycles. The highest BCUT2D eigenvalue weighted by Gasteiger charge is 2.51. The highest BCUT2D eigenvalue weighted by Crippen LogP contribution is 2.51. The van der Waals surface area contributed by atoms with Crippen molar-refractivity contribution >= 4 is 5.78 Å². The molecule has 1 N–H and O–H groups in total. The van der Waals surface area contributed by atoms with Crippen LogP contribution in [-0.4, -0.2) is 28.4 Å². The van der Waals surface area contributed by atoms with Crippen LogP contribution < -0.4 is 0 Å². The van der Waals surface area contributed by atoms with Gasteiger partial charge in [0.05, 0.1) is 0 Å². The number of hydrogen-bond donors (Lipinski definition) is 1. The third kappa shape index (κ3) is 1.87. The van der Waals surface area contributed by atoms with E-state index in [9.17, 15) is 9.90 Å². The van der Waals surface area contributed by atoms with E-state index in [1.54, 1.807) is 0 Å². The first-order valence-corrected chi connectivity index (χ1v) is 8.20. The summed E-state index contributed by atoms with van der Waals surface area (Å²) >= 11 is 0. The van der Waals surface area contributed by atoms with E-state index in [1.165, 1.54) is 11.1 Å². The van der Waals surface area contributed by atoms with E-state index in [-0.39, 0.29) is 5.41 Å². The van der Waals surface area contributed by atoms with Crippen LogP contribution in [0, 0.1) is 5.41 Å². The van der Waals surface area contributed by atoms with Crippen LogP contribution in [0.2, 0.25) is 0 Å². The van der Waals surface area contributed by atoms with Crippen molar-refractivity contribution in [3.05, 3.63) is 29.3 Å². The van der Waals surface area contributed by atoms with Crippen LogP contribution in [0.3, 0.4) is 0 Å². The molecule has 2 fully saturated rings. The number of benzene rings is 1. The summed E-state index contributed by atoms with van der Waals surface area (Å²) < 4.78 is 0. The molecule has 1 aromatic carbocycles. The van der Waals surface area contributed by atoms with Crippen molar-refractivity contribution in [2.45, 2.75) is 57.5 Å². The molecular weight excluding hydrogens is 262 g/mol. The lowest BCUT2D eigenvalue weighted by molar-refractivity contribution is -0.142. The zero-order chi connectivity index (χ0) is 14.6. The van der Waals surface area contributed by atoms with Crippen LogP contribution in [0.5, 0.6) is 5.75 Å². The fourth-order valence-corrected chi connectivity index (χ4v) is 4.93. The molecule has 3 atom stereocenters. The molecule has 0 bridgehead atoms. The SMILES string of the molecule is CC12CCC3c4ccc(O)cc4CCN3C1CCCC2=O. The first kappa shape index (κ1) is 13.3. The zero-order valence-electron chi connectivity index (χ0n) is 12.6. The Balaban J connectivity index is 1.72. The number of nitrogens with zero attached hydrogens (tertiary/aromatic N) is 1. The van der Waals surface area contributed by atoms with Crippen molar-refractivity contribution in [3.63, 3.8) is 0 Å². The maximum Gasteiger partial charge on any atom is 0.140 e. The average Bonchev–Trinajstić information content (AvgIpc) is 2.48. The van der Waals surface area contributed by atoms with Gasteiger partial charge in [0.2, 0.25) is 0 Å². The molecule has 3 nitrogen and oxygen atoms in total. The average molecular weight is 285 g/mol. The van der Waals surface area contributed by atoms with Gasteiger partial charge in [0, 0.05) is 30.5 Å². The summed E-state index contributed by atoms with van der Waals surface area (Å²) in [5.74, 6) is 0.851. The van der Waals surface area contributed by atoms with Crippen molar-refractivity contribution in [1.29, 1.82) is 0 Å². The van der Waals surface area contributed by atoms with Gasteiger partial charge < -0.3 is 5.11 Å². The van der Waals surface area contributed by atoms with Crippen LogP contribution in [0.1, 0.15) is 56.2 Å². The normalized spacial score (nSPS) is 35.8. The molecule has 0 spiro atoms. The molecule has 112 valence electrons. The summed E-state index contributed by atoms with van der Waals surface area (Å²) in [7, 11) is 0. The van der Waals surface area contributed by atoms with Gasteiger partial charge in [-0.2, -0.15) is 0 Å². The van der Waals surface area contributed by atoms with E-state index in [1.807, 2.05) is 12.1 Å². The number of hydrogen-bond acceptors (Lipinski definition) is 3. The number of carbonyl (C=O) groups is 1. The van der Waals surface area contributed by atoms with E-state index >= 15 is 0 Å². The summed E-state index contributed by atoms with van der Waals surface area (Å²) in [6, 6.07) is 6.68. The standard InChI is InChI=1S/C18H23NO2/c1-18-9-7-15-14-6-5-13(20)11-12(14)8-10-19(15)16(18)3-2-4-17(18)21/h5-6,11,15-16,20H,2-4,7-10H2,1H3. The first-order chi connectivity index (χ1) is 10.1. The minimum Gasteiger partial charge on any atom is -0.508 e. The summed E-state index contributed by atoms with van der Waals surface area (Å²) in [5.41, 5.74) is 2.55. The van der Waals surface area contributed by atoms with Gasteiger partial charge in [0.1, 0.15) is 11.5 Å². The summed E-state index contributed by atoms with van der Waals surface area (Å²) in [5, 5.41) is 9.69. The van der Waals surface area contributed by atoms with Crippen molar-refractivity contribution in [1.82, 2.24) is 4.90 Å². The van der Waals surface area contributed by atoms with E-state index < -0.39 is 0 Å². The lowest BCUT2D eigenvalue weighted by Gasteiger charge is -2.55. The summed E-state index contributed by atoms with van der Waals surface area (Å²) in [4.78, 5) is 15.1. The smallest absolute Gasteiger partial charge is 0.140 e. The van der Waals surface area contributed by atoms with Gasteiger partial charge in [-0.25, -0.2) is 0 Å². The van der Waals surface area contributed by atoms with Gasteiger partial charge in [-0.15, -0.1) is 0 Å². The second-order valence-corrected chi connectivity index (χ2v) is 7.17. The number of fused-ring (bicyclic) bond motifs is 5. The Hall–Kier alpha value is -1.35. The van der Waals surface area contributed by atoms with E-state index in [0.717, 1.165) is 45.1 Å². The van der Waals surface area contributed by atoms with Gasteiger partial charge in [-0.1, -0.05) is 13.0 Å². The van der Waals surface area contributed by atoms with Gasteiger partial charge in [0.25, 0.3) is 0 Å². The number of aromatic hydroxyl groups is 1. The second-order valence-electron chi connectivity index (χ2n) is 7.17. The Bertz CT molecular complexity index is 597. The summed E-state index contributed by atoms with van der Waals surface area (Å²) in [6.45, 7) is 3.22. The van der Waals surface area contributed by atoms with Crippen LogP contribution in [0.25, 0.3) is 0 Å². The molecule has 2 heterocycles. The summed E-state index contributed by atoms with van der Waals surface area (Å²) in [6.07, 6.45) is 6.04. The Morgan fingerprint density at radius 1 is 1.29 bits per heavy atom. The lowest BCUT2D eigenvalue weighted by atomic mass is 9.63. The van der Waals surface area contributed by atoms with Crippen molar-refractivity contribution in [3.8, 4) is 5.75 Å². The molecular formula is C18H23NO2. The van der Waals surface area contributed by atoms with Crippen LogP contribution in [0.15, 0.2) is 18.2 Å². The lowest BCUT2D eigenvalue weighted by Crippen LogP contribution is -2.58. The molecule has 21 heavy (non-hydrogen) atoms. The maximum absolute atomic E-state index is 12.5. The predicted molar refractivity (Wildman–Crippen MR) is 81.2 cm³/mol. The van der Waals surface area contributed by atoms with E-state index in [4.69, 9.17) is 0 Å². The topological polar surface area (TPSA) is 40.5 Å². The molecule has 3 unspecified atom stereocenters. The molecule has 1 saturated carbocycles. The van der Waals surface area contributed by atoms with Gasteiger partial charge in [-0.05, 0) is 55.4 Å². The number of Topliss-reactive ketones (excluding diaryl/α,β-unsaturated/α-hetero) is 1.